The maximum atomic E-state index is 12.5. The van der Waals surface area contributed by atoms with E-state index in [9.17, 15) is 4.79 Å². The number of hydrogen-bond donors (Lipinski definition) is 0. The van der Waals surface area contributed by atoms with Gasteiger partial charge in [0, 0.05) is 32.4 Å². The Labute approximate surface area is 168 Å². The second-order valence-corrected chi connectivity index (χ2v) is 8.03. The van der Waals surface area contributed by atoms with Crippen LogP contribution in [0.4, 0.5) is 5.69 Å². The molecule has 1 aliphatic heterocycles. The fraction of sp³-hybridized carbons (Fsp3) is 0.400. The summed E-state index contributed by atoms with van der Waals surface area (Å²) in [5, 5.41) is 14.3. The summed E-state index contributed by atoms with van der Waals surface area (Å²) in [6.07, 6.45) is 3.87. The third kappa shape index (κ3) is 4.39. The van der Waals surface area contributed by atoms with Crippen LogP contribution in [-0.2, 0) is 17.9 Å². The highest BCUT2D eigenvalue weighted by atomic mass is 32.1. The highest BCUT2D eigenvalue weighted by Gasteiger charge is 2.15. The summed E-state index contributed by atoms with van der Waals surface area (Å²) in [5.74, 6) is 0.508. The molecule has 8 heteroatoms. The van der Waals surface area contributed by atoms with Gasteiger partial charge in [0.1, 0.15) is 6.54 Å². The van der Waals surface area contributed by atoms with Crippen LogP contribution in [0, 0.1) is 0 Å². The van der Waals surface area contributed by atoms with Gasteiger partial charge in [-0.2, -0.15) is 4.80 Å². The molecule has 0 radical (unpaired) electrons. The molecule has 0 saturated carbocycles. The zero-order chi connectivity index (χ0) is 19.3. The largest absolute Gasteiger partial charge is 0.372 e. The molecule has 1 fully saturated rings. The molecule has 4 rings (SSSR count). The average Bonchev–Trinajstić information content (AvgIpc) is 3.41. The van der Waals surface area contributed by atoms with Crippen molar-refractivity contribution in [3.63, 3.8) is 0 Å². The lowest BCUT2D eigenvalue weighted by Crippen LogP contribution is -2.31. The Hall–Kier alpha value is -2.74. The van der Waals surface area contributed by atoms with Gasteiger partial charge in [0.05, 0.1) is 4.88 Å². The Balaban J connectivity index is 1.33. The number of likely N-dealkylation sites (N-methyl/N-ethyl adjacent to an activating group) is 1. The number of amides is 1. The van der Waals surface area contributed by atoms with Crippen molar-refractivity contribution in [2.45, 2.75) is 32.4 Å². The summed E-state index contributed by atoms with van der Waals surface area (Å²) in [5.41, 5.74) is 2.38. The van der Waals surface area contributed by atoms with Crippen molar-refractivity contribution >= 4 is 22.9 Å². The van der Waals surface area contributed by atoms with Gasteiger partial charge in [-0.25, -0.2) is 0 Å². The summed E-state index contributed by atoms with van der Waals surface area (Å²) in [6, 6.07) is 12.4. The van der Waals surface area contributed by atoms with Crippen molar-refractivity contribution in [3.8, 4) is 10.7 Å². The molecule has 0 unspecified atom stereocenters. The number of aromatic nitrogens is 4. The van der Waals surface area contributed by atoms with Crippen LogP contribution in [0.2, 0.25) is 0 Å². The first kappa shape index (κ1) is 18.6. The minimum atomic E-state index is -0.0461. The number of nitrogens with zero attached hydrogens (tertiary/aromatic N) is 6. The van der Waals surface area contributed by atoms with Crippen LogP contribution in [0.3, 0.4) is 0 Å². The topological polar surface area (TPSA) is 67.2 Å². The summed E-state index contributed by atoms with van der Waals surface area (Å²) in [4.78, 5) is 19.0. The molecule has 3 heterocycles. The van der Waals surface area contributed by atoms with Crippen LogP contribution in [0.15, 0.2) is 41.8 Å². The van der Waals surface area contributed by atoms with Gasteiger partial charge in [0.15, 0.2) is 0 Å². The lowest BCUT2D eigenvalue weighted by atomic mass is 10.1. The number of piperidine rings is 1. The molecule has 2 aromatic heterocycles. The van der Waals surface area contributed by atoms with Crippen LogP contribution >= 0.6 is 11.3 Å². The number of anilines is 1. The van der Waals surface area contributed by atoms with Crippen molar-refractivity contribution in [2.24, 2.45) is 0 Å². The van der Waals surface area contributed by atoms with Crippen molar-refractivity contribution in [1.82, 2.24) is 25.1 Å². The minimum absolute atomic E-state index is 0.0461. The molecule has 0 N–H and O–H groups in total. The third-order valence-corrected chi connectivity index (χ3v) is 5.84. The maximum Gasteiger partial charge on any atom is 0.246 e. The van der Waals surface area contributed by atoms with Gasteiger partial charge < -0.3 is 9.80 Å². The molecule has 0 atom stereocenters. The highest BCUT2D eigenvalue weighted by molar-refractivity contribution is 7.13. The van der Waals surface area contributed by atoms with E-state index >= 15 is 0 Å². The highest BCUT2D eigenvalue weighted by Crippen LogP contribution is 2.21. The van der Waals surface area contributed by atoms with Crippen LogP contribution in [0.5, 0.6) is 0 Å². The van der Waals surface area contributed by atoms with Gasteiger partial charge >= 0.3 is 0 Å². The summed E-state index contributed by atoms with van der Waals surface area (Å²) in [7, 11) is 1.80. The Morgan fingerprint density at radius 1 is 1.14 bits per heavy atom. The van der Waals surface area contributed by atoms with Crippen LogP contribution in [0.25, 0.3) is 10.7 Å². The lowest BCUT2D eigenvalue weighted by molar-refractivity contribution is -0.131. The molecule has 3 aromatic rings. The fourth-order valence-electron chi connectivity index (χ4n) is 3.38. The fourth-order valence-corrected chi connectivity index (χ4v) is 4.03. The zero-order valence-corrected chi connectivity index (χ0v) is 16.8. The molecular weight excluding hydrogens is 372 g/mol. The van der Waals surface area contributed by atoms with Gasteiger partial charge in [-0.15, -0.1) is 21.5 Å². The first-order valence-corrected chi connectivity index (χ1v) is 10.5. The SMILES string of the molecule is CN(Cc1ccc(N2CCCCC2)cc1)C(=O)Cn1nnc(-c2cccs2)n1. The Morgan fingerprint density at radius 3 is 2.64 bits per heavy atom. The average molecular weight is 397 g/mol. The van der Waals surface area contributed by atoms with Gasteiger partial charge in [0.25, 0.3) is 0 Å². The molecule has 1 aromatic carbocycles. The van der Waals surface area contributed by atoms with E-state index in [4.69, 9.17) is 0 Å². The first-order chi connectivity index (χ1) is 13.7. The number of hydrogen-bond acceptors (Lipinski definition) is 6. The summed E-state index contributed by atoms with van der Waals surface area (Å²) >= 11 is 1.55. The van der Waals surface area contributed by atoms with Gasteiger partial charge in [-0.05, 0) is 53.6 Å². The molecule has 0 bridgehead atoms. The van der Waals surface area contributed by atoms with E-state index < -0.39 is 0 Å². The summed E-state index contributed by atoms with van der Waals surface area (Å²) in [6.45, 7) is 2.92. The van der Waals surface area contributed by atoms with E-state index in [0.717, 1.165) is 23.5 Å². The standard InChI is InChI=1S/C20H24N6OS/c1-24(14-16-7-9-17(10-8-16)25-11-3-2-4-12-25)19(27)15-26-22-20(21-23-26)18-6-5-13-28-18/h5-10,13H,2-4,11-12,14-15H2,1H3. The zero-order valence-electron chi connectivity index (χ0n) is 16.0. The molecule has 7 nitrogen and oxygen atoms in total. The predicted octanol–water partition coefficient (Wildman–Crippen LogP) is 3.05. The monoisotopic (exact) mass is 396 g/mol. The lowest BCUT2D eigenvalue weighted by Gasteiger charge is -2.29. The van der Waals surface area contributed by atoms with Crippen LogP contribution in [0.1, 0.15) is 24.8 Å². The second-order valence-electron chi connectivity index (χ2n) is 7.08. The molecular formula is C20H24N6OS. The van der Waals surface area contributed by atoms with Crippen molar-refractivity contribution in [1.29, 1.82) is 0 Å². The number of carbonyl (C=O) groups excluding carboxylic acids is 1. The number of benzene rings is 1. The molecule has 28 heavy (non-hydrogen) atoms. The molecule has 0 spiro atoms. The summed E-state index contributed by atoms with van der Waals surface area (Å²) < 4.78 is 0. The smallest absolute Gasteiger partial charge is 0.246 e. The number of carbonyl (C=O) groups is 1. The first-order valence-electron chi connectivity index (χ1n) is 9.58. The van der Waals surface area contributed by atoms with E-state index in [1.165, 1.54) is 29.7 Å². The third-order valence-electron chi connectivity index (χ3n) is 4.97. The molecule has 146 valence electrons. The Kier molecular flexibility index (Phi) is 5.66. The Morgan fingerprint density at radius 2 is 1.93 bits per heavy atom. The Bertz CT molecular complexity index is 899. The number of rotatable bonds is 6. The molecule has 0 aliphatic carbocycles. The van der Waals surface area contributed by atoms with Crippen LogP contribution in [-0.4, -0.2) is 51.2 Å². The minimum Gasteiger partial charge on any atom is -0.372 e. The second kappa shape index (κ2) is 8.52. The number of tetrazole rings is 1. The van der Waals surface area contributed by atoms with E-state index in [1.54, 1.807) is 23.3 Å². The van der Waals surface area contributed by atoms with Crippen molar-refractivity contribution in [2.75, 3.05) is 25.0 Å². The van der Waals surface area contributed by atoms with E-state index in [-0.39, 0.29) is 12.5 Å². The molecule has 1 aliphatic rings. The van der Waals surface area contributed by atoms with E-state index in [1.807, 2.05) is 17.5 Å². The quantitative estimate of drug-likeness (QED) is 0.641. The molecule has 1 amide bonds. The van der Waals surface area contributed by atoms with E-state index in [2.05, 4.69) is 44.6 Å². The van der Waals surface area contributed by atoms with Gasteiger partial charge in [-0.3, -0.25) is 4.79 Å². The van der Waals surface area contributed by atoms with Crippen molar-refractivity contribution < 1.29 is 4.79 Å². The van der Waals surface area contributed by atoms with Crippen LogP contribution < -0.4 is 4.90 Å². The normalized spacial score (nSPS) is 14.2. The van der Waals surface area contributed by atoms with E-state index in [0.29, 0.717) is 12.4 Å². The van der Waals surface area contributed by atoms with Gasteiger partial charge in [-0.1, -0.05) is 18.2 Å². The predicted molar refractivity (Wildman–Crippen MR) is 110 cm³/mol. The van der Waals surface area contributed by atoms with Crippen molar-refractivity contribution in [3.05, 3.63) is 47.3 Å². The number of thiophene rings is 1. The molecule has 1 saturated heterocycles. The van der Waals surface area contributed by atoms with Gasteiger partial charge in [0.2, 0.25) is 11.7 Å². The maximum absolute atomic E-state index is 12.5.